The van der Waals surface area contributed by atoms with Gasteiger partial charge >= 0.3 is 0 Å². The first kappa shape index (κ1) is 8.02. The van der Waals surface area contributed by atoms with Crippen LogP contribution in [0.2, 0.25) is 0 Å². The summed E-state index contributed by atoms with van der Waals surface area (Å²) in [6.07, 6.45) is 0.285. The maximum Gasteiger partial charge on any atom is 0.154 e. The Kier molecular flexibility index (Phi) is 2.02. The number of hydrogen-bond donors (Lipinski definition) is 1. The number of rotatable bonds is 0. The van der Waals surface area contributed by atoms with Crippen LogP contribution >= 0.6 is 0 Å². The topological polar surface area (TPSA) is 29.5 Å². The van der Waals surface area contributed by atoms with Crippen molar-refractivity contribution < 1.29 is 9.84 Å². The standard InChI is InChI=1S/C8H16O2/c1-8(2,3)6-4-7(9)10-5-6/h6-7,9H,4-5H2,1-3H3/t6-,7-/m1/s1. The minimum atomic E-state index is -0.510. The van der Waals surface area contributed by atoms with E-state index in [0.717, 1.165) is 6.42 Å². The molecule has 0 spiro atoms. The Morgan fingerprint density at radius 2 is 2.00 bits per heavy atom. The SMILES string of the molecule is CC(C)(C)[C@H]1CO[C@@H](O)C1. The molecule has 2 nitrogen and oxygen atoms in total. The molecule has 0 saturated carbocycles. The molecule has 0 aliphatic carbocycles. The molecule has 0 aromatic carbocycles. The van der Waals surface area contributed by atoms with E-state index >= 15 is 0 Å². The molecule has 60 valence electrons. The quantitative estimate of drug-likeness (QED) is 0.556. The molecule has 0 aromatic rings. The van der Waals surface area contributed by atoms with Crippen LogP contribution in [0.3, 0.4) is 0 Å². The van der Waals surface area contributed by atoms with Gasteiger partial charge in [-0.15, -0.1) is 0 Å². The van der Waals surface area contributed by atoms with E-state index in [2.05, 4.69) is 20.8 Å². The molecule has 0 radical (unpaired) electrons. The second kappa shape index (κ2) is 2.51. The van der Waals surface area contributed by atoms with Gasteiger partial charge in [0.25, 0.3) is 0 Å². The highest BCUT2D eigenvalue weighted by molar-refractivity contribution is 4.78. The smallest absolute Gasteiger partial charge is 0.154 e. The molecule has 1 fully saturated rings. The third-order valence-corrected chi connectivity index (χ3v) is 2.20. The predicted molar refractivity (Wildman–Crippen MR) is 39.5 cm³/mol. The largest absolute Gasteiger partial charge is 0.368 e. The van der Waals surface area contributed by atoms with Gasteiger partial charge in [0.2, 0.25) is 0 Å². The Bertz CT molecular complexity index is 115. The number of aliphatic hydroxyl groups is 1. The van der Waals surface area contributed by atoms with Gasteiger partial charge in [-0.05, 0) is 11.3 Å². The van der Waals surface area contributed by atoms with Crippen molar-refractivity contribution in [2.24, 2.45) is 11.3 Å². The van der Waals surface area contributed by atoms with Gasteiger partial charge in [-0.3, -0.25) is 0 Å². The molecule has 1 aliphatic rings. The zero-order valence-corrected chi connectivity index (χ0v) is 6.92. The zero-order chi connectivity index (χ0) is 7.78. The lowest BCUT2D eigenvalue weighted by atomic mass is 9.80. The third-order valence-electron chi connectivity index (χ3n) is 2.20. The molecule has 1 heterocycles. The lowest BCUT2D eigenvalue weighted by Gasteiger charge is -2.24. The van der Waals surface area contributed by atoms with E-state index in [0.29, 0.717) is 12.5 Å². The summed E-state index contributed by atoms with van der Waals surface area (Å²) >= 11 is 0. The lowest BCUT2D eigenvalue weighted by molar-refractivity contribution is -0.0593. The highest BCUT2D eigenvalue weighted by atomic mass is 16.6. The molecule has 1 saturated heterocycles. The summed E-state index contributed by atoms with van der Waals surface area (Å²) in [5.74, 6) is 0.516. The Hall–Kier alpha value is -0.0800. The minimum Gasteiger partial charge on any atom is -0.368 e. The Morgan fingerprint density at radius 1 is 1.40 bits per heavy atom. The molecular formula is C8H16O2. The summed E-state index contributed by atoms with van der Waals surface area (Å²) in [5.41, 5.74) is 0.275. The minimum absolute atomic E-state index is 0.275. The van der Waals surface area contributed by atoms with Crippen LogP contribution in [-0.2, 0) is 4.74 Å². The van der Waals surface area contributed by atoms with E-state index in [4.69, 9.17) is 9.84 Å². The van der Waals surface area contributed by atoms with Gasteiger partial charge in [0.1, 0.15) is 0 Å². The average molecular weight is 144 g/mol. The fourth-order valence-corrected chi connectivity index (χ4v) is 1.21. The summed E-state index contributed by atoms with van der Waals surface area (Å²) in [4.78, 5) is 0. The van der Waals surface area contributed by atoms with Crippen molar-refractivity contribution in [3.63, 3.8) is 0 Å². The van der Waals surface area contributed by atoms with Crippen LogP contribution in [0.4, 0.5) is 0 Å². The maximum atomic E-state index is 9.04. The molecule has 2 heteroatoms. The van der Waals surface area contributed by atoms with Crippen LogP contribution in [0.5, 0.6) is 0 Å². The van der Waals surface area contributed by atoms with Crippen molar-refractivity contribution in [3.05, 3.63) is 0 Å². The van der Waals surface area contributed by atoms with Gasteiger partial charge in [0.05, 0.1) is 6.61 Å². The number of aliphatic hydroxyl groups excluding tert-OH is 1. The fourth-order valence-electron chi connectivity index (χ4n) is 1.21. The molecule has 0 amide bonds. The second-order valence-electron chi connectivity index (χ2n) is 4.09. The lowest BCUT2D eigenvalue weighted by Crippen LogP contribution is -2.20. The van der Waals surface area contributed by atoms with E-state index in [1.807, 2.05) is 0 Å². The number of ether oxygens (including phenoxy) is 1. The Morgan fingerprint density at radius 3 is 2.20 bits per heavy atom. The van der Waals surface area contributed by atoms with Gasteiger partial charge in [0, 0.05) is 6.42 Å². The first-order chi connectivity index (χ1) is 4.50. The number of hydrogen-bond acceptors (Lipinski definition) is 2. The van der Waals surface area contributed by atoms with Crippen molar-refractivity contribution in [2.45, 2.75) is 33.5 Å². The van der Waals surface area contributed by atoms with Gasteiger partial charge in [-0.2, -0.15) is 0 Å². The van der Waals surface area contributed by atoms with E-state index in [1.165, 1.54) is 0 Å². The van der Waals surface area contributed by atoms with Crippen LogP contribution in [0, 0.1) is 11.3 Å². The monoisotopic (exact) mass is 144 g/mol. The van der Waals surface area contributed by atoms with Gasteiger partial charge in [0.15, 0.2) is 6.29 Å². The van der Waals surface area contributed by atoms with Crippen LogP contribution in [0.25, 0.3) is 0 Å². The van der Waals surface area contributed by atoms with Crippen LogP contribution < -0.4 is 0 Å². The molecule has 1 N–H and O–H groups in total. The molecule has 0 aromatic heterocycles. The highest BCUT2D eigenvalue weighted by Gasteiger charge is 2.32. The summed E-state index contributed by atoms with van der Waals surface area (Å²) in [7, 11) is 0. The van der Waals surface area contributed by atoms with Gasteiger partial charge < -0.3 is 9.84 Å². The summed E-state index contributed by atoms with van der Waals surface area (Å²) in [6, 6.07) is 0. The summed E-state index contributed by atoms with van der Waals surface area (Å²) < 4.78 is 5.05. The summed E-state index contributed by atoms with van der Waals surface area (Å²) in [6.45, 7) is 7.25. The first-order valence-electron chi connectivity index (χ1n) is 3.80. The third kappa shape index (κ3) is 1.70. The average Bonchev–Trinajstić information content (AvgIpc) is 2.11. The highest BCUT2D eigenvalue weighted by Crippen LogP contribution is 2.34. The van der Waals surface area contributed by atoms with Crippen molar-refractivity contribution >= 4 is 0 Å². The molecule has 10 heavy (non-hydrogen) atoms. The van der Waals surface area contributed by atoms with Crippen molar-refractivity contribution in [3.8, 4) is 0 Å². The molecule has 1 rings (SSSR count). The first-order valence-corrected chi connectivity index (χ1v) is 3.80. The Labute approximate surface area is 62.2 Å². The van der Waals surface area contributed by atoms with E-state index in [1.54, 1.807) is 0 Å². The van der Waals surface area contributed by atoms with Crippen molar-refractivity contribution in [2.75, 3.05) is 6.61 Å². The van der Waals surface area contributed by atoms with Gasteiger partial charge in [-0.25, -0.2) is 0 Å². The van der Waals surface area contributed by atoms with Crippen LogP contribution in [0.1, 0.15) is 27.2 Å². The predicted octanol–water partition coefficient (Wildman–Crippen LogP) is 1.39. The maximum absolute atomic E-state index is 9.04. The van der Waals surface area contributed by atoms with Crippen LogP contribution in [0.15, 0.2) is 0 Å². The van der Waals surface area contributed by atoms with Crippen molar-refractivity contribution in [1.29, 1.82) is 0 Å². The van der Waals surface area contributed by atoms with Gasteiger partial charge in [-0.1, -0.05) is 20.8 Å². The van der Waals surface area contributed by atoms with Crippen molar-refractivity contribution in [1.82, 2.24) is 0 Å². The molecule has 0 bridgehead atoms. The van der Waals surface area contributed by atoms with E-state index < -0.39 is 6.29 Å². The molecular weight excluding hydrogens is 128 g/mol. The second-order valence-corrected chi connectivity index (χ2v) is 4.09. The van der Waals surface area contributed by atoms with Crippen LogP contribution in [-0.4, -0.2) is 18.0 Å². The van der Waals surface area contributed by atoms with E-state index in [-0.39, 0.29) is 5.41 Å². The summed E-state index contributed by atoms with van der Waals surface area (Å²) in [5, 5.41) is 9.04. The fraction of sp³-hybridized carbons (Fsp3) is 1.00. The molecule has 2 atom stereocenters. The zero-order valence-electron chi connectivity index (χ0n) is 6.92. The Balaban J connectivity index is 2.45. The molecule has 1 aliphatic heterocycles. The normalized spacial score (nSPS) is 34.8. The van der Waals surface area contributed by atoms with E-state index in [9.17, 15) is 0 Å². The molecule has 0 unspecified atom stereocenters.